The van der Waals surface area contributed by atoms with Crippen LogP contribution in [0.25, 0.3) is 0 Å². The van der Waals surface area contributed by atoms with Gasteiger partial charge in [-0.25, -0.2) is 4.68 Å². The molecule has 0 unspecified atom stereocenters. The fourth-order valence-corrected chi connectivity index (χ4v) is 0.981. The summed E-state index contributed by atoms with van der Waals surface area (Å²) < 4.78 is 1.61. The van der Waals surface area contributed by atoms with E-state index in [0.717, 1.165) is 5.56 Å². The molecule has 1 aromatic heterocycles. The summed E-state index contributed by atoms with van der Waals surface area (Å²) >= 11 is 0. The van der Waals surface area contributed by atoms with Gasteiger partial charge in [-0.05, 0) is 20.8 Å². The summed E-state index contributed by atoms with van der Waals surface area (Å²) in [6.07, 6.45) is 1.70. The molecule has 0 fully saturated rings. The van der Waals surface area contributed by atoms with Crippen molar-refractivity contribution >= 4 is 5.82 Å². The first-order chi connectivity index (χ1) is 6.40. The lowest BCUT2D eigenvalue weighted by molar-refractivity contribution is 0.0584. The van der Waals surface area contributed by atoms with Gasteiger partial charge in [-0.15, -0.1) is 0 Å². The average molecular weight is 199 g/mol. The summed E-state index contributed by atoms with van der Waals surface area (Å²) in [5.41, 5.74) is 5.87. The van der Waals surface area contributed by atoms with Crippen molar-refractivity contribution in [3.05, 3.63) is 11.8 Å². The Morgan fingerprint density at radius 1 is 1.50 bits per heavy atom. The van der Waals surface area contributed by atoms with E-state index in [1.165, 1.54) is 0 Å². The molecule has 14 heavy (non-hydrogen) atoms. The molecule has 3 N–H and O–H groups in total. The second-order valence-corrected chi connectivity index (χ2v) is 3.68. The Hall–Kier alpha value is -1.03. The van der Waals surface area contributed by atoms with Gasteiger partial charge in [0.15, 0.2) is 0 Å². The Kier molecular flexibility index (Phi) is 4.63. The van der Waals surface area contributed by atoms with Gasteiger partial charge in [0.05, 0.1) is 18.3 Å². The van der Waals surface area contributed by atoms with Crippen LogP contribution in [0, 0.1) is 6.92 Å². The molecule has 0 saturated heterocycles. The zero-order valence-corrected chi connectivity index (χ0v) is 9.70. The van der Waals surface area contributed by atoms with E-state index in [1.54, 1.807) is 24.7 Å². The molecule has 82 valence electrons. The Balaban J connectivity index is 0.000000791. The molecule has 4 heteroatoms. The smallest absolute Gasteiger partial charge is 0.124 e. The molecule has 0 atom stereocenters. The van der Waals surface area contributed by atoms with Crippen LogP contribution in [0.15, 0.2) is 6.20 Å². The first-order valence-electron chi connectivity index (χ1n) is 4.90. The molecule has 0 spiro atoms. The maximum absolute atomic E-state index is 9.49. The third kappa shape index (κ3) is 3.79. The van der Waals surface area contributed by atoms with E-state index in [4.69, 9.17) is 5.73 Å². The number of anilines is 1. The molecule has 1 rings (SSSR count). The molecule has 0 radical (unpaired) electrons. The van der Waals surface area contributed by atoms with Gasteiger partial charge in [0.1, 0.15) is 5.82 Å². The highest BCUT2D eigenvalue weighted by atomic mass is 16.3. The summed E-state index contributed by atoms with van der Waals surface area (Å²) in [6.45, 7) is 9.77. The third-order valence-corrected chi connectivity index (χ3v) is 1.61. The van der Waals surface area contributed by atoms with Crippen molar-refractivity contribution in [2.45, 2.75) is 46.8 Å². The van der Waals surface area contributed by atoms with Crippen molar-refractivity contribution in [1.29, 1.82) is 0 Å². The maximum Gasteiger partial charge on any atom is 0.124 e. The van der Waals surface area contributed by atoms with Crippen molar-refractivity contribution in [2.24, 2.45) is 0 Å². The number of nitrogens with two attached hydrogens (primary N) is 1. The average Bonchev–Trinajstić information content (AvgIpc) is 2.38. The monoisotopic (exact) mass is 199 g/mol. The molecular weight excluding hydrogens is 178 g/mol. The van der Waals surface area contributed by atoms with E-state index >= 15 is 0 Å². The van der Waals surface area contributed by atoms with Gasteiger partial charge in [-0.1, -0.05) is 13.8 Å². The van der Waals surface area contributed by atoms with Gasteiger partial charge in [0.25, 0.3) is 0 Å². The first-order valence-corrected chi connectivity index (χ1v) is 4.90. The van der Waals surface area contributed by atoms with E-state index in [1.807, 2.05) is 20.8 Å². The number of aliphatic hydroxyl groups is 1. The number of rotatable bonds is 2. The highest BCUT2D eigenvalue weighted by molar-refractivity contribution is 5.37. The normalized spacial score (nSPS) is 10.7. The highest BCUT2D eigenvalue weighted by Gasteiger charge is 2.15. The van der Waals surface area contributed by atoms with Gasteiger partial charge in [0.2, 0.25) is 0 Å². The molecular formula is C10H21N3O. The van der Waals surface area contributed by atoms with E-state index in [-0.39, 0.29) is 0 Å². The molecule has 4 nitrogen and oxygen atoms in total. The summed E-state index contributed by atoms with van der Waals surface area (Å²) in [7, 11) is 0. The van der Waals surface area contributed by atoms with Crippen LogP contribution in [0.4, 0.5) is 5.82 Å². The van der Waals surface area contributed by atoms with Crippen molar-refractivity contribution < 1.29 is 5.11 Å². The summed E-state index contributed by atoms with van der Waals surface area (Å²) in [6, 6.07) is 0. The molecule has 0 saturated carbocycles. The Morgan fingerprint density at radius 2 is 2.00 bits per heavy atom. The number of aryl methyl sites for hydroxylation is 1. The van der Waals surface area contributed by atoms with Crippen molar-refractivity contribution in [3.8, 4) is 0 Å². The van der Waals surface area contributed by atoms with Crippen molar-refractivity contribution in [1.82, 2.24) is 9.78 Å². The van der Waals surface area contributed by atoms with Gasteiger partial charge in [0, 0.05) is 5.56 Å². The lowest BCUT2D eigenvalue weighted by Crippen LogP contribution is -2.27. The standard InChI is InChI=1S/C8H15N3O.C2H6/c1-6-4-10-11(7(6)9)5-8(2,3)12;1-2/h4,12H,5,9H2,1-3H3;1-2H3. The predicted octanol–water partition coefficient (Wildman–Crippen LogP) is 1.57. The van der Waals surface area contributed by atoms with Gasteiger partial charge < -0.3 is 10.8 Å². The molecule has 0 aliphatic heterocycles. The van der Waals surface area contributed by atoms with Crippen molar-refractivity contribution in [3.63, 3.8) is 0 Å². The molecule has 1 aromatic rings. The molecule has 0 bridgehead atoms. The minimum Gasteiger partial charge on any atom is -0.389 e. The van der Waals surface area contributed by atoms with E-state index in [0.29, 0.717) is 12.4 Å². The van der Waals surface area contributed by atoms with Crippen LogP contribution in [0.2, 0.25) is 0 Å². The van der Waals surface area contributed by atoms with E-state index in [2.05, 4.69) is 5.10 Å². The minimum atomic E-state index is -0.771. The molecule has 0 aliphatic carbocycles. The number of hydrogen-bond acceptors (Lipinski definition) is 3. The van der Waals surface area contributed by atoms with Gasteiger partial charge in [-0.2, -0.15) is 5.10 Å². The summed E-state index contributed by atoms with van der Waals surface area (Å²) in [4.78, 5) is 0. The maximum atomic E-state index is 9.49. The second kappa shape index (κ2) is 5.00. The number of aromatic nitrogens is 2. The van der Waals surface area contributed by atoms with Crippen molar-refractivity contribution in [2.75, 3.05) is 5.73 Å². The van der Waals surface area contributed by atoms with E-state index < -0.39 is 5.60 Å². The molecule has 0 aliphatic rings. The summed E-state index contributed by atoms with van der Waals surface area (Å²) in [5, 5.41) is 13.5. The van der Waals surface area contributed by atoms with Crippen LogP contribution >= 0.6 is 0 Å². The topological polar surface area (TPSA) is 64.1 Å². The number of nitrogens with zero attached hydrogens (tertiary/aromatic N) is 2. The summed E-state index contributed by atoms with van der Waals surface area (Å²) in [5.74, 6) is 0.622. The quantitative estimate of drug-likeness (QED) is 0.760. The number of nitrogen functional groups attached to an aromatic ring is 1. The Labute approximate surface area is 85.7 Å². The second-order valence-electron chi connectivity index (χ2n) is 3.68. The van der Waals surface area contributed by atoms with Gasteiger partial charge in [-0.3, -0.25) is 0 Å². The highest BCUT2D eigenvalue weighted by Crippen LogP contribution is 2.12. The third-order valence-electron chi connectivity index (χ3n) is 1.61. The van der Waals surface area contributed by atoms with Crippen LogP contribution in [-0.4, -0.2) is 20.5 Å². The predicted molar refractivity (Wildman–Crippen MR) is 59.0 cm³/mol. The fourth-order valence-electron chi connectivity index (χ4n) is 0.981. The first kappa shape index (κ1) is 13.0. The Bertz CT molecular complexity index is 273. The SMILES string of the molecule is CC.Cc1cnn(CC(C)(C)O)c1N. The van der Waals surface area contributed by atoms with Crippen LogP contribution in [-0.2, 0) is 6.54 Å². The van der Waals surface area contributed by atoms with Crippen LogP contribution in [0.5, 0.6) is 0 Å². The van der Waals surface area contributed by atoms with Gasteiger partial charge >= 0.3 is 0 Å². The lowest BCUT2D eigenvalue weighted by Gasteiger charge is -2.17. The van der Waals surface area contributed by atoms with Crippen LogP contribution in [0.3, 0.4) is 0 Å². The van der Waals surface area contributed by atoms with Crippen LogP contribution < -0.4 is 5.73 Å². The fraction of sp³-hybridized carbons (Fsp3) is 0.700. The number of hydrogen-bond donors (Lipinski definition) is 2. The van der Waals surface area contributed by atoms with Crippen LogP contribution in [0.1, 0.15) is 33.3 Å². The molecule has 1 heterocycles. The largest absolute Gasteiger partial charge is 0.389 e. The minimum absolute atomic E-state index is 0.423. The van der Waals surface area contributed by atoms with E-state index in [9.17, 15) is 5.11 Å². The molecule has 0 amide bonds. The molecule has 0 aromatic carbocycles. The lowest BCUT2D eigenvalue weighted by atomic mass is 10.1. The zero-order valence-electron chi connectivity index (χ0n) is 9.70. The zero-order chi connectivity index (χ0) is 11.4. The Morgan fingerprint density at radius 3 is 2.29 bits per heavy atom.